The number of hydrogen-bond donors (Lipinski definition) is 2. The number of carbonyl (C=O) groups excluding carboxylic acids is 1. The molecule has 2 rings (SSSR count). The van der Waals surface area contributed by atoms with E-state index in [4.69, 9.17) is 10.5 Å². The van der Waals surface area contributed by atoms with E-state index in [9.17, 15) is 4.79 Å². The lowest BCUT2D eigenvalue weighted by Gasteiger charge is -2.17. The SMILES string of the molecule is CCOC(=O)c1ccc(N)c(NC2CCC(SC)C2)c1. The summed E-state index contributed by atoms with van der Waals surface area (Å²) in [6.07, 6.45) is 5.68. The molecule has 0 heterocycles. The first-order valence-electron chi connectivity index (χ1n) is 7.00. The van der Waals surface area contributed by atoms with E-state index in [0.717, 1.165) is 23.8 Å². The van der Waals surface area contributed by atoms with Crippen LogP contribution in [0.4, 0.5) is 11.4 Å². The highest BCUT2D eigenvalue weighted by atomic mass is 32.2. The number of ether oxygens (including phenoxy) is 1. The van der Waals surface area contributed by atoms with Crippen molar-refractivity contribution >= 4 is 29.1 Å². The molecule has 1 fully saturated rings. The zero-order valence-corrected chi connectivity index (χ0v) is 12.8. The maximum atomic E-state index is 11.7. The van der Waals surface area contributed by atoms with Gasteiger partial charge in [0.2, 0.25) is 0 Å². The maximum Gasteiger partial charge on any atom is 0.338 e. The van der Waals surface area contributed by atoms with Crippen molar-refractivity contribution in [1.82, 2.24) is 0 Å². The minimum Gasteiger partial charge on any atom is -0.462 e. The number of esters is 1. The van der Waals surface area contributed by atoms with E-state index in [1.54, 1.807) is 25.1 Å². The van der Waals surface area contributed by atoms with Crippen LogP contribution in [0.5, 0.6) is 0 Å². The van der Waals surface area contributed by atoms with Crippen LogP contribution in [-0.2, 0) is 4.74 Å². The lowest BCUT2D eigenvalue weighted by atomic mass is 10.1. The van der Waals surface area contributed by atoms with Gasteiger partial charge >= 0.3 is 5.97 Å². The van der Waals surface area contributed by atoms with E-state index in [-0.39, 0.29) is 5.97 Å². The molecule has 20 heavy (non-hydrogen) atoms. The van der Waals surface area contributed by atoms with Crippen molar-refractivity contribution in [2.75, 3.05) is 23.9 Å². The third-order valence-electron chi connectivity index (χ3n) is 3.64. The summed E-state index contributed by atoms with van der Waals surface area (Å²) in [5.74, 6) is -0.302. The first-order valence-corrected chi connectivity index (χ1v) is 8.28. The number of anilines is 2. The molecule has 1 aromatic carbocycles. The number of hydrogen-bond acceptors (Lipinski definition) is 5. The van der Waals surface area contributed by atoms with Gasteiger partial charge in [0.15, 0.2) is 0 Å². The third kappa shape index (κ3) is 3.60. The van der Waals surface area contributed by atoms with Gasteiger partial charge in [-0.1, -0.05) is 0 Å². The van der Waals surface area contributed by atoms with Gasteiger partial charge in [-0.3, -0.25) is 0 Å². The Kier molecular flexibility index (Phi) is 5.17. The minimum atomic E-state index is -0.302. The Balaban J connectivity index is 2.07. The molecular formula is C15H22N2O2S. The molecule has 1 saturated carbocycles. The third-order valence-corrected chi connectivity index (χ3v) is 4.74. The molecule has 0 aliphatic heterocycles. The summed E-state index contributed by atoms with van der Waals surface area (Å²) in [6, 6.07) is 5.69. The fourth-order valence-electron chi connectivity index (χ4n) is 2.53. The molecule has 2 unspecified atom stereocenters. The van der Waals surface area contributed by atoms with Crippen molar-refractivity contribution in [1.29, 1.82) is 0 Å². The predicted octanol–water partition coefficient (Wildman–Crippen LogP) is 3.14. The fraction of sp³-hybridized carbons (Fsp3) is 0.533. The number of carbonyl (C=O) groups is 1. The molecule has 2 atom stereocenters. The quantitative estimate of drug-likeness (QED) is 0.645. The van der Waals surface area contributed by atoms with Crippen molar-refractivity contribution in [3.8, 4) is 0 Å². The molecule has 0 radical (unpaired) electrons. The Bertz CT molecular complexity index is 479. The lowest BCUT2D eigenvalue weighted by molar-refractivity contribution is 0.0526. The van der Waals surface area contributed by atoms with Crippen LogP contribution in [0.3, 0.4) is 0 Å². The molecule has 1 aliphatic carbocycles. The second-order valence-corrected chi connectivity index (χ2v) is 6.17. The highest BCUT2D eigenvalue weighted by molar-refractivity contribution is 7.99. The second-order valence-electron chi connectivity index (χ2n) is 5.03. The average molecular weight is 294 g/mol. The molecule has 4 nitrogen and oxygen atoms in total. The summed E-state index contributed by atoms with van der Waals surface area (Å²) < 4.78 is 5.02. The number of thioether (sulfide) groups is 1. The number of rotatable bonds is 5. The highest BCUT2D eigenvalue weighted by Crippen LogP contribution is 2.32. The highest BCUT2D eigenvalue weighted by Gasteiger charge is 2.24. The Morgan fingerprint density at radius 1 is 1.50 bits per heavy atom. The van der Waals surface area contributed by atoms with Gasteiger partial charge in [-0.05, 0) is 50.6 Å². The Hall–Kier alpha value is -1.36. The minimum absolute atomic E-state index is 0.302. The standard InChI is InChI=1S/C15H22N2O2S/c1-3-19-15(18)10-4-7-13(16)14(8-10)17-11-5-6-12(9-11)20-2/h4,7-8,11-12,17H,3,5-6,9,16H2,1-2H3. The van der Waals surface area contributed by atoms with Crippen LogP contribution in [-0.4, -0.2) is 30.1 Å². The molecule has 110 valence electrons. The average Bonchev–Trinajstić information content (AvgIpc) is 2.89. The first kappa shape index (κ1) is 15.0. The first-order chi connectivity index (χ1) is 9.63. The number of benzene rings is 1. The molecular weight excluding hydrogens is 272 g/mol. The second kappa shape index (κ2) is 6.88. The van der Waals surface area contributed by atoms with Gasteiger partial charge in [0.05, 0.1) is 23.5 Å². The Labute approximate surface area is 124 Å². The molecule has 0 saturated heterocycles. The van der Waals surface area contributed by atoms with Crippen LogP contribution < -0.4 is 11.1 Å². The van der Waals surface area contributed by atoms with E-state index in [1.807, 2.05) is 11.8 Å². The number of nitrogens with one attached hydrogen (secondary N) is 1. The van der Waals surface area contributed by atoms with Crippen molar-refractivity contribution in [3.05, 3.63) is 23.8 Å². The van der Waals surface area contributed by atoms with Crippen LogP contribution in [0.15, 0.2) is 18.2 Å². The smallest absolute Gasteiger partial charge is 0.338 e. The monoisotopic (exact) mass is 294 g/mol. The van der Waals surface area contributed by atoms with Crippen LogP contribution >= 0.6 is 11.8 Å². The molecule has 1 aromatic rings. The van der Waals surface area contributed by atoms with Crippen LogP contribution in [0.25, 0.3) is 0 Å². The van der Waals surface area contributed by atoms with Crippen molar-refractivity contribution in [2.24, 2.45) is 0 Å². The van der Waals surface area contributed by atoms with E-state index in [2.05, 4.69) is 11.6 Å². The zero-order valence-electron chi connectivity index (χ0n) is 12.0. The van der Waals surface area contributed by atoms with Crippen LogP contribution in [0.2, 0.25) is 0 Å². The van der Waals surface area contributed by atoms with Crippen molar-refractivity contribution in [3.63, 3.8) is 0 Å². The Morgan fingerprint density at radius 2 is 2.30 bits per heavy atom. The molecule has 0 spiro atoms. The van der Waals surface area contributed by atoms with E-state index >= 15 is 0 Å². The molecule has 5 heteroatoms. The largest absolute Gasteiger partial charge is 0.462 e. The summed E-state index contributed by atoms with van der Waals surface area (Å²) in [4.78, 5) is 11.7. The predicted molar refractivity (Wildman–Crippen MR) is 85.4 cm³/mol. The Morgan fingerprint density at radius 3 is 2.95 bits per heavy atom. The normalized spacial score (nSPS) is 21.7. The molecule has 0 bridgehead atoms. The van der Waals surface area contributed by atoms with Gasteiger partial charge in [0.25, 0.3) is 0 Å². The van der Waals surface area contributed by atoms with E-state index < -0.39 is 0 Å². The van der Waals surface area contributed by atoms with Crippen molar-refractivity contribution < 1.29 is 9.53 Å². The zero-order chi connectivity index (χ0) is 14.5. The van der Waals surface area contributed by atoms with Crippen LogP contribution in [0.1, 0.15) is 36.5 Å². The lowest BCUT2D eigenvalue weighted by Crippen LogP contribution is -2.17. The number of nitrogens with two attached hydrogens (primary N) is 1. The molecule has 1 aliphatic rings. The van der Waals surface area contributed by atoms with E-state index in [1.165, 1.54) is 6.42 Å². The van der Waals surface area contributed by atoms with Gasteiger partial charge < -0.3 is 15.8 Å². The van der Waals surface area contributed by atoms with Gasteiger partial charge in [-0.15, -0.1) is 0 Å². The van der Waals surface area contributed by atoms with Gasteiger partial charge in [0.1, 0.15) is 0 Å². The summed E-state index contributed by atoms with van der Waals surface area (Å²) in [6.45, 7) is 2.18. The molecule has 3 N–H and O–H groups in total. The molecule has 0 aromatic heterocycles. The topological polar surface area (TPSA) is 64.3 Å². The van der Waals surface area contributed by atoms with Gasteiger partial charge in [0, 0.05) is 11.3 Å². The fourth-order valence-corrected chi connectivity index (χ4v) is 3.32. The maximum absolute atomic E-state index is 11.7. The number of nitrogen functional groups attached to an aromatic ring is 1. The summed E-state index contributed by atoms with van der Waals surface area (Å²) >= 11 is 1.92. The molecule has 0 amide bonds. The summed E-state index contributed by atoms with van der Waals surface area (Å²) in [5, 5.41) is 4.19. The summed E-state index contributed by atoms with van der Waals surface area (Å²) in [5.41, 5.74) is 8.04. The van der Waals surface area contributed by atoms with Crippen LogP contribution in [0, 0.1) is 0 Å². The van der Waals surface area contributed by atoms with Crippen molar-refractivity contribution in [2.45, 2.75) is 37.5 Å². The summed E-state index contributed by atoms with van der Waals surface area (Å²) in [7, 11) is 0. The van der Waals surface area contributed by atoms with Gasteiger partial charge in [-0.25, -0.2) is 4.79 Å². The van der Waals surface area contributed by atoms with E-state index in [0.29, 0.717) is 23.9 Å². The van der Waals surface area contributed by atoms with Gasteiger partial charge in [-0.2, -0.15) is 11.8 Å².